The van der Waals surface area contributed by atoms with Crippen LogP contribution in [0.15, 0.2) is 0 Å². The largest absolute Gasteiger partial charge is 0.356 e. The van der Waals surface area contributed by atoms with Gasteiger partial charge in [0.25, 0.3) is 11.8 Å². The molecule has 7 heteroatoms. The zero-order valence-corrected chi connectivity index (χ0v) is 16.6. The Morgan fingerprint density at radius 3 is 2.00 bits per heavy atom. The van der Waals surface area contributed by atoms with Crippen molar-refractivity contribution in [3.63, 3.8) is 0 Å². The number of carbonyl (C=O) groups is 4. The number of amides is 3. The van der Waals surface area contributed by atoms with Gasteiger partial charge in [0.15, 0.2) is 0 Å². The van der Waals surface area contributed by atoms with E-state index in [9.17, 15) is 19.2 Å². The van der Waals surface area contributed by atoms with Crippen molar-refractivity contribution in [2.24, 2.45) is 0 Å². The Kier molecular flexibility index (Phi) is 12.1. The van der Waals surface area contributed by atoms with Gasteiger partial charge in [-0.25, -0.2) is 4.79 Å². The molecule has 1 fully saturated rings. The molecule has 0 aliphatic carbocycles. The van der Waals surface area contributed by atoms with E-state index in [1.807, 2.05) is 0 Å². The second-order valence-electron chi connectivity index (χ2n) is 7.08. The van der Waals surface area contributed by atoms with Crippen LogP contribution in [0.3, 0.4) is 0 Å². The van der Waals surface area contributed by atoms with Crippen molar-refractivity contribution in [3.8, 4) is 0 Å². The molecule has 27 heavy (non-hydrogen) atoms. The van der Waals surface area contributed by atoms with Crippen molar-refractivity contribution < 1.29 is 24.0 Å². The predicted molar refractivity (Wildman–Crippen MR) is 101 cm³/mol. The normalized spacial score (nSPS) is 13.9. The smallest absolute Gasteiger partial charge is 0.333 e. The first kappa shape index (κ1) is 23.1. The average molecular weight is 383 g/mol. The molecule has 1 saturated heterocycles. The number of rotatable bonds is 15. The fourth-order valence-corrected chi connectivity index (χ4v) is 2.95. The zero-order chi connectivity index (χ0) is 19.9. The summed E-state index contributed by atoms with van der Waals surface area (Å²) in [5.74, 6) is -1.60. The van der Waals surface area contributed by atoms with Gasteiger partial charge >= 0.3 is 5.97 Å². The number of unbranched alkanes of at least 4 members (excludes halogenated alkanes) is 8. The van der Waals surface area contributed by atoms with Gasteiger partial charge in [0.1, 0.15) is 0 Å². The highest BCUT2D eigenvalue weighted by molar-refractivity contribution is 6.01. The first-order valence-electron chi connectivity index (χ1n) is 10.4. The fraction of sp³-hybridized carbons (Fsp3) is 0.800. The van der Waals surface area contributed by atoms with Crippen molar-refractivity contribution in [2.75, 3.05) is 6.54 Å². The van der Waals surface area contributed by atoms with Crippen LogP contribution in [0, 0.1) is 0 Å². The van der Waals surface area contributed by atoms with Crippen LogP contribution in [0.5, 0.6) is 0 Å². The van der Waals surface area contributed by atoms with Crippen LogP contribution in [0.1, 0.15) is 96.8 Å². The van der Waals surface area contributed by atoms with E-state index in [0.717, 1.165) is 12.8 Å². The molecule has 1 aliphatic heterocycles. The molecular weight excluding hydrogens is 348 g/mol. The number of nitrogens with one attached hydrogen (secondary N) is 1. The van der Waals surface area contributed by atoms with Crippen LogP contribution in [-0.4, -0.2) is 35.3 Å². The van der Waals surface area contributed by atoms with Gasteiger partial charge in [-0.05, 0) is 12.8 Å². The van der Waals surface area contributed by atoms with E-state index in [1.165, 1.54) is 44.9 Å². The lowest BCUT2D eigenvalue weighted by atomic mass is 10.1. The summed E-state index contributed by atoms with van der Waals surface area (Å²) in [5.41, 5.74) is 0. The van der Waals surface area contributed by atoms with Gasteiger partial charge < -0.3 is 10.2 Å². The molecule has 3 amide bonds. The summed E-state index contributed by atoms with van der Waals surface area (Å²) < 4.78 is 0. The molecule has 1 rings (SSSR count). The summed E-state index contributed by atoms with van der Waals surface area (Å²) in [5, 5.41) is 3.33. The molecule has 0 spiro atoms. The van der Waals surface area contributed by atoms with E-state index in [2.05, 4.69) is 12.2 Å². The molecule has 0 unspecified atom stereocenters. The highest BCUT2D eigenvalue weighted by atomic mass is 16.7. The van der Waals surface area contributed by atoms with Gasteiger partial charge in [0.2, 0.25) is 5.91 Å². The van der Waals surface area contributed by atoms with Crippen molar-refractivity contribution in [1.29, 1.82) is 0 Å². The van der Waals surface area contributed by atoms with Crippen molar-refractivity contribution in [2.45, 2.75) is 96.8 Å². The minimum atomic E-state index is -0.633. The molecule has 0 aromatic heterocycles. The van der Waals surface area contributed by atoms with Gasteiger partial charge in [-0.3, -0.25) is 14.4 Å². The van der Waals surface area contributed by atoms with Crippen LogP contribution in [0.25, 0.3) is 0 Å². The molecule has 0 bridgehead atoms. The van der Waals surface area contributed by atoms with Gasteiger partial charge in [0.05, 0.1) is 0 Å². The molecule has 0 saturated carbocycles. The van der Waals surface area contributed by atoms with E-state index >= 15 is 0 Å². The maximum absolute atomic E-state index is 11.7. The van der Waals surface area contributed by atoms with E-state index in [1.54, 1.807) is 0 Å². The molecular formula is C20H34N2O5. The summed E-state index contributed by atoms with van der Waals surface area (Å²) in [4.78, 5) is 50.8. The number of nitrogens with zero attached hydrogens (tertiary/aromatic N) is 1. The first-order valence-corrected chi connectivity index (χ1v) is 10.4. The lowest BCUT2D eigenvalue weighted by Gasteiger charge is -2.12. The summed E-state index contributed by atoms with van der Waals surface area (Å²) in [6.07, 6.45) is 12.1. The number of hydrogen-bond donors (Lipinski definition) is 1. The maximum atomic E-state index is 11.7. The highest BCUT2D eigenvalue weighted by Crippen LogP contribution is 2.13. The predicted octanol–water partition coefficient (Wildman–Crippen LogP) is 3.41. The highest BCUT2D eigenvalue weighted by Gasteiger charge is 2.32. The molecule has 1 aliphatic rings. The minimum absolute atomic E-state index is 0.00351. The Labute approximate surface area is 162 Å². The summed E-state index contributed by atoms with van der Waals surface area (Å²) in [6.45, 7) is 2.60. The first-order chi connectivity index (χ1) is 13.0. The fourth-order valence-electron chi connectivity index (χ4n) is 2.95. The number of hydrogen-bond acceptors (Lipinski definition) is 5. The molecule has 0 atom stereocenters. The van der Waals surface area contributed by atoms with E-state index < -0.39 is 17.8 Å². The topological polar surface area (TPSA) is 92.8 Å². The van der Waals surface area contributed by atoms with Crippen LogP contribution in [-0.2, 0) is 24.0 Å². The Hall–Kier alpha value is -1.92. The van der Waals surface area contributed by atoms with Crippen LogP contribution in [0.4, 0.5) is 0 Å². The third-order valence-corrected chi connectivity index (χ3v) is 4.59. The van der Waals surface area contributed by atoms with Crippen LogP contribution in [0.2, 0.25) is 0 Å². The Morgan fingerprint density at radius 1 is 0.852 bits per heavy atom. The lowest BCUT2D eigenvalue weighted by Crippen LogP contribution is -2.32. The third kappa shape index (κ3) is 10.7. The second-order valence-corrected chi connectivity index (χ2v) is 7.08. The van der Waals surface area contributed by atoms with Gasteiger partial charge in [0, 0.05) is 32.2 Å². The molecule has 0 aromatic carbocycles. The Bertz CT molecular complexity index is 477. The van der Waals surface area contributed by atoms with Crippen molar-refractivity contribution in [1.82, 2.24) is 10.4 Å². The zero-order valence-electron chi connectivity index (χ0n) is 16.6. The van der Waals surface area contributed by atoms with Gasteiger partial charge in [-0.15, -0.1) is 5.06 Å². The van der Waals surface area contributed by atoms with Crippen molar-refractivity contribution in [3.05, 3.63) is 0 Å². The van der Waals surface area contributed by atoms with E-state index in [4.69, 9.17) is 4.84 Å². The lowest BCUT2D eigenvalue weighted by molar-refractivity contribution is -0.197. The third-order valence-electron chi connectivity index (χ3n) is 4.59. The number of carbonyl (C=O) groups excluding carboxylic acids is 4. The Morgan fingerprint density at radius 2 is 1.41 bits per heavy atom. The van der Waals surface area contributed by atoms with Crippen LogP contribution < -0.4 is 5.32 Å². The quantitative estimate of drug-likeness (QED) is 0.346. The SMILES string of the molecule is CCCCCCCCCCCC(=O)NCCCC(=O)ON1C(=O)CCC1=O. The summed E-state index contributed by atoms with van der Waals surface area (Å²) >= 11 is 0. The second kappa shape index (κ2) is 14.2. The summed E-state index contributed by atoms with van der Waals surface area (Å²) in [6, 6.07) is 0. The Balaban J connectivity index is 1.93. The molecule has 7 nitrogen and oxygen atoms in total. The molecule has 0 radical (unpaired) electrons. The molecule has 0 aromatic rings. The molecule has 1 N–H and O–H groups in total. The minimum Gasteiger partial charge on any atom is -0.356 e. The van der Waals surface area contributed by atoms with Crippen LogP contribution >= 0.6 is 0 Å². The van der Waals surface area contributed by atoms with Gasteiger partial charge in [-0.2, -0.15) is 0 Å². The standard InChI is InChI=1S/C20H34N2O5/c1-2-3-4-5-6-7-8-9-10-12-17(23)21-16-11-13-20(26)27-22-18(24)14-15-19(22)25/h2-16H2,1H3,(H,21,23). The number of imide groups is 1. The average Bonchev–Trinajstić information content (AvgIpc) is 2.96. The molecule has 1 heterocycles. The monoisotopic (exact) mass is 382 g/mol. The van der Waals surface area contributed by atoms with E-state index in [-0.39, 0.29) is 25.2 Å². The summed E-state index contributed by atoms with van der Waals surface area (Å²) in [7, 11) is 0. The maximum Gasteiger partial charge on any atom is 0.333 e. The van der Waals surface area contributed by atoms with Gasteiger partial charge in [-0.1, -0.05) is 58.3 Å². The molecule has 154 valence electrons. The van der Waals surface area contributed by atoms with E-state index in [0.29, 0.717) is 24.4 Å². The number of hydroxylamine groups is 2. The van der Waals surface area contributed by atoms with Crippen molar-refractivity contribution >= 4 is 23.7 Å².